The molecule has 5 rings (SSSR count). The summed E-state index contributed by atoms with van der Waals surface area (Å²) in [6.45, 7) is 2.01. The molecule has 7 nitrogen and oxygen atoms in total. The first kappa shape index (κ1) is 19.9. The highest BCUT2D eigenvalue weighted by Gasteiger charge is 2.23. The van der Waals surface area contributed by atoms with E-state index in [0.717, 1.165) is 71.4 Å². The van der Waals surface area contributed by atoms with Crippen LogP contribution in [-0.2, 0) is 9.47 Å². The summed E-state index contributed by atoms with van der Waals surface area (Å²) in [7, 11) is 3.41. The summed E-state index contributed by atoms with van der Waals surface area (Å²) >= 11 is 0. The van der Waals surface area contributed by atoms with Crippen LogP contribution >= 0.6 is 0 Å². The van der Waals surface area contributed by atoms with E-state index in [1.807, 2.05) is 24.5 Å². The Labute approximate surface area is 181 Å². The van der Waals surface area contributed by atoms with Gasteiger partial charge in [-0.15, -0.1) is 0 Å². The Kier molecular flexibility index (Phi) is 5.53. The van der Waals surface area contributed by atoms with Gasteiger partial charge in [-0.1, -0.05) is 0 Å². The normalized spacial score (nSPS) is 15.4. The summed E-state index contributed by atoms with van der Waals surface area (Å²) < 4.78 is 10.7. The minimum Gasteiger partial charge on any atom is -0.357 e. The number of anilines is 1. The van der Waals surface area contributed by atoms with Crippen molar-refractivity contribution in [3.63, 3.8) is 0 Å². The Hall–Kier alpha value is -3.03. The molecule has 0 unspecified atom stereocenters. The molecule has 0 bridgehead atoms. The van der Waals surface area contributed by atoms with E-state index in [4.69, 9.17) is 19.4 Å². The van der Waals surface area contributed by atoms with Crippen molar-refractivity contribution in [1.82, 2.24) is 19.9 Å². The zero-order valence-electron chi connectivity index (χ0n) is 17.9. The maximum Gasteiger partial charge on any atom is 0.157 e. The number of piperidine rings is 1. The van der Waals surface area contributed by atoms with Gasteiger partial charge in [0.1, 0.15) is 11.5 Å². The highest BCUT2D eigenvalue weighted by Crippen LogP contribution is 2.29. The van der Waals surface area contributed by atoms with Crippen LogP contribution in [0, 0.1) is 5.92 Å². The molecule has 1 N–H and O–H groups in total. The molecule has 4 aromatic rings. The molecule has 5 heterocycles. The van der Waals surface area contributed by atoms with E-state index in [0.29, 0.717) is 5.92 Å². The standard InChI is InChI=1S/C24H27N5O2/c1-30-23(31-2)13-16-8-11-29(12-9-16)22-6-3-17(14-26-22)20-5-4-18-19-15-25-10-7-21(19)28-24(18)27-20/h3-7,10,14-16,23H,8-9,11-13H2,1-2H3,(H,27,28). The Morgan fingerprint density at radius 2 is 1.87 bits per heavy atom. The van der Waals surface area contributed by atoms with Gasteiger partial charge in [-0.2, -0.15) is 0 Å². The highest BCUT2D eigenvalue weighted by atomic mass is 16.7. The van der Waals surface area contributed by atoms with Crippen molar-refractivity contribution < 1.29 is 9.47 Å². The molecule has 4 aromatic heterocycles. The van der Waals surface area contributed by atoms with E-state index in [-0.39, 0.29) is 6.29 Å². The molecule has 1 aliphatic heterocycles. The maximum atomic E-state index is 5.35. The number of H-pyrrole nitrogens is 1. The molecule has 1 saturated heterocycles. The van der Waals surface area contributed by atoms with Crippen LogP contribution < -0.4 is 4.90 Å². The quantitative estimate of drug-likeness (QED) is 0.469. The van der Waals surface area contributed by atoms with Crippen molar-refractivity contribution in [3.05, 3.63) is 48.9 Å². The molecule has 0 atom stereocenters. The zero-order valence-corrected chi connectivity index (χ0v) is 17.9. The monoisotopic (exact) mass is 417 g/mol. The molecule has 0 aliphatic carbocycles. The molecule has 0 spiro atoms. The maximum absolute atomic E-state index is 5.35. The Morgan fingerprint density at radius 1 is 1.03 bits per heavy atom. The molecule has 0 amide bonds. The fraction of sp³-hybridized carbons (Fsp3) is 0.375. The van der Waals surface area contributed by atoms with Crippen molar-refractivity contribution in [2.45, 2.75) is 25.6 Å². The van der Waals surface area contributed by atoms with Crippen LogP contribution in [0.2, 0.25) is 0 Å². The summed E-state index contributed by atoms with van der Waals surface area (Å²) in [5.41, 5.74) is 3.85. The molecular weight excluding hydrogens is 390 g/mol. The summed E-state index contributed by atoms with van der Waals surface area (Å²) in [6, 6.07) is 10.3. The van der Waals surface area contributed by atoms with Crippen molar-refractivity contribution >= 4 is 27.8 Å². The number of aromatic nitrogens is 4. The molecule has 0 radical (unpaired) electrons. The zero-order chi connectivity index (χ0) is 21.2. The lowest BCUT2D eigenvalue weighted by atomic mass is 9.93. The number of rotatable bonds is 6. The van der Waals surface area contributed by atoms with Gasteiger partial charge in [0, 0.05) is 68.7 Å². The van der Waals surface area contributed by atoms with E-state index in [2.05, 4.69) is 33.1 Å². The molecule has 1 aliphatic rings. The van der Waals surface area contributed by atoms with Crippen LogP contribution in [0.25, 0.3) is 33.2 Å². The first-order chi connectivity index (χ1) is 15.2. The van der Waals surface area contributed by atoms with Crippen LogP contribution in [-0.4, -0.2) is 53.5 Å². The fourth-order valence-corrected chi connectivity index (χ4v) is 4.46. The lowest BCUT2D eigenvalue weighted by Crippen LogP contribution is -2.35. The minimum atomic E-state index is -0.104. The molecule has 7 heteroatoms. The van der Waals surface area contributed by atoms with Crippen LogP contribution in [0.4, 0.5) is 5.82 Å². The van der Waals surface area contributed by atoms with Gasteiger partial charge in [0.25, 0.3) is 0 Å². The fourth-order valence-electron chi connectivity index (χ4n) is 4.46. The van der Waals surface area contributed by atoms with Gasteiger partial charge in [-0.25, -0.2) is 9.97 Å². The van der Waals surface area contributed by atoms with Crippen molar-refractivity contribution in [1.29, 1.82) is 0 Å². The van der Waals surface area contributed by atoms with Gasteiger partial charge in [-0.3, -0.25) is 4.98 Å². The molecule has 0 saturated carbocycles. The average Bonchev–Trinajstić information content (AvgIpc) is 3.21. The summed E-state index contributed by atoms with van der Waals surface area (Å²) in [5.74, 6) is 1.65. The number of hydrogen-bond donors (Lipinski definition) is 1. The molecular formula is C24H27N5O2. The Morgan fingerprint density at radius 3 is 2.61 bits per heavy atom. The number of nitrogens with one attached hydrogen (secondary N) is 1. The largest absolute Gasteiger partial charge is 0.357 e. The summed E-state index contributed by atoms with van der Waals surface area (Å²) in [4.78, 5) is 19.5. The Bertz CT molecular complexity index is 1160. The number of nitrogens with zero attached hydrogens (tertiary/aromatic N) is 4. The second-order valence-corrected chi connectivity index (χ2v) is 8.11. The smallest absolute Gasteiger partial charge is 0.157 e. The predicted octanol–water partition coefficient (Wildman–Crippen LogP) is 4.40. The number of fused-ring (bicyclic) bond motifs is 3. The average molecular weight is 418 g/mol. The van der Waals surface area contributed by atoms with Gasteiger partial charge in [0.2, 0.25) is 0 Å². The van der Waals surface area contributed by atoms with E-state index >= 15 is 0 Å². The third-order valence-corrected chi connectivity index (χ3v) is 6.29. The third kappa shape index (κ3) is 3.98. The van der Waals surface area contributed by atoms with E-state index < -0.39 is 0 Å². The number of hydrogen-bond acceptors (Lipinski definition) is 6. The molecule has 1 fully saturated rings. The highest BCUT2D eigenvalue weighted by molar-refractivity contribution is 6.05. The van der Waals surface area contributed by atoms with Gasteiger partial charge >= 0.3 is 0 Å². The summed E-state index contributed by atoms with van der Waals surface area (Å²) in [6.07, 6.45) is 8.68. The van der Waals surface area contributed by atoms with E-state index in [1.54, 1.807) is 20.4 Å². The van der Waals surface area contributed by atoms with Gasteiger partial charge in [-0.05, 0) is 49.1 Å². The lowest BCUT2D eigenvalue weighted by molar-refractivity contribution is -0.115. The van der Waals surface area contributed by atoms with Gasteiger partial charge < -0.3 is 19.4 Å². The molecule has 160 valence electrons. The first-order valence-corrected chi connectivity index (χ1v) is 10.7. The first-order valence-electron chi connectivity index (χ1n) is 10.7. The molecule has 0 aromatic carbocycles. The van der Waals surface area contributed by atoms with E-state index in [1.165, 1.54) is 0 Å². The van der Waals surface area contributed by atoms with Gasteiger partial charge in [0.05, 0.1) is 11.2 Å². The second kappa shape index (κ2) is 8.61. The number of ether oxygens (including phenoxy) is 2. The van der Waals surface area contributed by atoms with Crippen LogP contribution in [0.1, 0.15) is 19.3 Å². The van der Waals surface area contributed by atoms with Crippen molar-refractivity contribution in [3.8, 4) is 11.3 Å². The number of aromatic amines is 1. The van der Waals surface area contributed by atoms with Crippen molar-refractivity contribution in [2.24, 2.45) is 5.92 Å². The van der Waals surface area contributed by atoms with Crippen LogP contribution in [0.3, 0.4) is 0 Å². The SMILES string of the molecule is COC(CC1CCN(c2ccc(-c3ccc4c(n3)[nH]c3ccncc34)cn2)CC1)OC. The van der Waals surface area contributed by atoms with Crippen LogP contribution in [0.5, 0.6) is 0 Å². The predicted molar refractivity (Wildman–Crippen MR) is 122 cm³/mol. The van der Waals surface area contributed by atoms with Crippen molar-refractivity contribution in [2.75, 3.05) is 32.2 Å². The van der Waals surface area contributed by atoms with Gasteiger partial charge in [0.15, 0.2) is 6.29 Å². The Balaban J connectivity index is 1.29. The van der Waals surface area contributed by atoms with Crippen LogP contribution in [0.15, 0.2) is 48.9 Å². The lowest BCUT2D eigenvalue weighted by Gasteiger charge is -2.33. The molecule has 31 heavy (non-hydrogen) atoms. The second-order valence-electron chi connectivity index (χ2n) is 8.11. The number of pyridine rings is 3. The number of methoxy groups -OCH3 is 2. The van der Waals surface area contributed by atoms with E-state index in [9.17, 15) is 0 Å². The summed E-state index contributed by atoms with van der Waals surface area (Å²) in [5, 5.41) is 2.18. The minimum absolute atomic E-state index is 0.104. The third-order valence-electron chi connectivity index (χ3n) is 6.29. The topological polar surface area (TPSA) is 76.2 Å².